The third kappa shape index (κ3) is 3.55. The maximum absolute atomic E-state index is 13.1. The van der Waals surface area contributed by atoms with Gasteiger partial charge in [-0.15, -0.1) is 0 Å². The molecule has 2 N–H and O–H groups in total. The molecule has 3 heteroatoms. The van der Waals surface area contributed by atoms with E-state index < -0.39 is 0 Å². The third-order valence-corrected chi connectivity index (χ3v) is 3.65. The largest absolute Gasteiger partial charge is 0.330 e. The minimum absolute atomic E-state index is 0.197. The van der Waals surface area contributed by atoms with Crippen LogP contribution in [0.2, 0.25) is 5.02 Å². The van der Waals surface area contributed by atoms with Crippen molar-refractivity contribution < 1.29 is 4.39 Å². The van der Waals surface area contributed by atoms with Crippen LogP contribution >= 0.6 is 11.6 Å². The highest BCUT2D eigenvalue weighted by Crippen LogP contribution is 2.23. The molecule has 0 aliphatic carbocycles. The summed E-state index contributed by atoms with van der Waals surface area (Å²) in [4.78, 5) is 0. The molecule has 0 bridgehead atoms. The lowest BCUT2D eigenvalue weighted by Crippen LogP contribution is -2.15. The van der Waals surface area contributed by atoms with Gasteiger partial charge in [-0.25, -0.2) is 4.39 Å². The highest BCUT2D eigenvalue weighted by atomic mass is 35.5. The van der Waals surface area contributed by atoms with E-state index >= 15 is 0 Å². The van der Waals surface area contributed by atoms with E-state index in [0.29, 0.717) is 6.54 Å². The van der Waals surface area contributed by atoms with Crippen molar-refractivity contribution >= 4 is 11.6 Å². The predicted molar refractivity (Wildman–Crippen MR) is 78.1 cm³/mol. The van der Waals surface area contributed by atoms with Crippen molar-refractivity contribution in [1.29, 1.82) is 0 Å². The zero-order valence-corrected chi connectivity index (χ0v) is 11.6. The fraction of sp³-hybridized carbons (Fsp3) is 0.250. The van der Waals surface area contributed by atoms with Crippen molar-refractivity contribution in [3.8, 4) is 0 Å². The first kappa shape index (κ1) is 14.0. The Bertz CT molecular complexity index is 551. The molecule has 0 fully saturated rings. The molecule has 2 aromatic carbocycles. The normalized spacial score (nSPS) is 12.4. The fourth-order valence-corrected chi connectivity index (χ4v) is 2.35. The summed E-state index contributed by atoms with van der Waals surface area (Å²) in [5.74, 6) is 0.0264. The first-order valence-electron chi connectivity index (χ1n) is 6.30. The second kappa shape index (κ2) is 6.18. The minimum Gasteiger partial charge on any atom is -0.330 e. The number of nitrogens with two attached hydrogens (primary N) is 1. The van der Waals surface area contributed by atoms with Crippen LogP contribution in [-0.2, 0) is 6.42 Å². The monoisotopic (exact) mass is 277 g/mol. The predicted octanol–water partition coefficient (Wildman–Crippen LogP) is 4.07. The molecule has 1 atom stereocenters. The number of aryl methyl sites for hydroxylation is 1. The van der Waals surface area contributed by atoms with Crippen LogP contribution in [0.15, 0.2) is 42.5 Å². The lowest BCUT2D eigenvalue weighted by atomic mass is 9.90. The van der Waals surface area contributed by atoms with Crippen molar-refractivity contribution in [2.75, 3.05) is 6.54 Å². The van der Waals surface area contributed by atoms with Crippen molar-refractivity contribution in [3.63, 3.8) is 0 Å². The van der Waals surface area contributed by atoms with Crippen LogP contribution in [0.3, 0.4) is 0 Å². The topological polar surface area (TPSA) is 26.0 Å². The van der Waals surface area contributed by atoms with Gasteiger partial charge in [0.2, 0.25) is 0 Å². The van der Waals surface area contributed by atoms with Gasteiger partial charge in [-0.1, -0.05) is 29.8 Å². The van der Waals surface area contributed by atoms with Gasteiger partial charge in [-0.2, -0.15) is 0 Å². The molecule has 0 radical (unpaired) electrons. The number of rotatable bonds is 4. The summed E-state index contributed by atoms with van der Waals surface area (Å²) in [7, 11) is 0. The second-order valence-electron chi connectivity index (χ2n) is 4.76. The van der Waals surface area contributed by atoms with Crippen LogP contribution in [0.5, 0.6) is 0 Å². The van der Waals surface area contributed by atoms with Crippen LogP contribution in [0.1, 0.15) is 22.6 Å². The molecule has 0 aliphatic rings. The van der Waals surface area contributed by atoms with E-state index in [9.17, 15) is 4.39 Å². The molecule has 19 heavy (non-hydrogen) atoms. The van der Waals surface area contributed by atoms with Crippen molar-refractivity contribution in [3.05, 3.63) is 70.0 Å². The molecular formula is C16H17ClFN. The molecule has 2 rings (SSSR count). The Morgan fingerprint density at radius 1 is 1.16 bits per heavy atom. The molecule has 0 aliphatic heterocycles. The summed E-state index contributed by atoms with van der Waals surface area (Å²) < 4.78 is 13.1. The lowest BCUT2D eigenvalue weighted by Gasteiger charge is -2.17. The molecule has 1 nitrogen and oxygen atoms in total. The van der Waals surface area contributed by atoms with Crippen molar-refractivity contribution in [2.24, 2.45) is 5.73 Å². The molecule has 2 aromatic rings. The SMILES string of the molecule is Cc1cc(F)ccc1CC(CN)c1ccc(Cl)cc1. The van der Waals surface area contributed by atoms with E-state index in [1.54, 1.807) is 6.07 Å². The summed E-state index contributed by atoms with van der Waals surface area (Å²) in [5, 5.41) is 0.720. The molecule has 0 spiro atoms. The highest BCUT2D eigenvalue weighted by Gasteiger charge is 2.12. The first-order chi connectivity index (χ1) is 9.10. The van der Waals surface area contributed by atoms with Gasteiger partial charge in [0, 0.05) is 10.9 Å². The van der Waals surface area contributed by atoms with E-state index in [4.69, 9.17) is 17.3 Å². The summed E-state index contributed by atoms with van der Waals surface area (Å²) in [6.45, 7) is 2.48. The lowest BCUT2D eigenvalue weighted by molar-refractivity contribution is 0.623. The number of benzene rings is 2. The Balaban J connectivity index is 2.21. The average Bonchev–Trinajstić information content (AvgIpc) is 2.39. The maximum atomic E-state index is 13.1. The van der Waals surface area contributed by atoms with E-state index in [-0.39, 0.29) is 11.7 Å². The van der Waals surface area contributed by atoms with Gasteiger partial charge in [0.1, 0.15) is 5.82 Å². The van der Waals surface area contributed by atoms with Crippen LogP contribution in [0.25, 0.3) is 0 Å². The molecule has 0 aromatic heterocycles. The zero-order chi connectivity index (χ0) is 13.8. The van der Waals surface area contributed by atoms with E-state index in [1.165, 1.54) is 6.07 Å². The Morgan fingerprint density at radius 2 is 1.84 bits per heavy atom. The van der Waals surface area contributed by atoms with Gasteiger partial charge in [-0.3, -0.25) is 0 Å². The summed E-state index contributed by atoms with van der Waals surface area (Å²) in [5.41, 5.74) is 9.12. The number of halogens is 2. The van der Waals surface area contributed by atoms with Gasteiger partial charge in [0.05, 0.1) is 0 Å². The Labute approximate surface area is 118 Å². The maximum Gasteiger partial charge on any atom is 0.123 e. The Hall–Kier alpha value is -1.38. The van der Waals surface area contributed by atoms with Gasteiger partial charge >= 0.3 is 0 Å². The smallest absolute Gasteiger partial charge is 0.123 e. The average molecular weight is 278 g/mol. The Morgan fingerprint density at radius 3 is 2.42 bits per heavy atom. The highest BCUT2D eigenvalue weighted by molar-refractivity contribution is 6.30. The second-order valence-corrected chi connectivity index (χ2v) is 5.20. The van der Waals surface area contributed by atoms with Crippen molar-refractivity contribution in [2.45, 2.75) is 19.3 Å². The first-order valence-corrected chi connectivity index (χ1v) is 6.68. The molecular weight excluding hydrogens is 261 g/mol. The fourth-order valence-electron chi connectivity index (χ4n) is 2.23. The molecule has 0 heterocycles. The van der Waals surface area contributed by atoms with E-state index in [1.807, 2.05) is 37.3 Å². The zero-order valence-electron chi connectivity index (χ0n) is 10.9. The Kier molecular flexibility index (Phi) is 4.56. The van der Waals surface area contributed by atoms with Gasteiger partial charge in [0.25, 0.3) is 0 Å². The summed E-state index contributed by atoms with van der Waals surface area (Å²) in [6, 6.07) is 12.6. The van der Waals surface area contributed by atoms with E-state index in [0.717, 1.165) is 28.1 Å². The van der Waals surface area contributed by atoms with Crippen LogP contribution in [0, 0.1) is 12.7 Å². The van der Waals surface area contributed by atoms with E-state index in [2.05, 4.69) is 0 Å². The number of hydrogen-bond acceptors (Lipinski definition) is 1. The van der Waals surface area contributed by atoms with Gasteiger partial charge in [-0.05, 0) is 60.8 Å². The molecule has 0 saturated carbocycles. The van der Waals surface area contributed by atoms with Crippen LogP contribution < -0.4 is 5.73 Å². The molecule has 0 amide bonds. The summed E-state index contributed by atoms with van der Waals surface area (Å²) in [6.07, 6.45) is 0.810. The summed E-state index contributed by atoms with van der Waals surface area (Å²) >= 11 is 5.89. The van der Waals surface area contributed by atoms with Crippen LogP contribution in [0.4, 0.5) is 4.39 Å². The number of hydrogen-bond donors (Lipinski definition) is 1. The standard InChI is InChI=1S/C16H17ClFN/c1-11-8-16(18)7-4-13(11)9-14(10-19)12-2-5-15(17)6-3-12/h2-8,14H,9-10,19H2,1H3. The third-order valence-electron chi connectivity index (χ3n) is 3.40. The minimum atomic E-state index is -0.197. The molecule has 100 valence electrons. The van der Waals surface area contributed by atoms with Crippen molar-refractivity contribution in [1.82, 2.24) is 0 Å². The van der Waals surface area contributed by atoms with Gasteiger partial charge < -0.3 is 5.73 Å². The van der Waals surface area contributed by atoms with Crippen LogP contribution in [-0.4, -0.2) is 6.54 Å². The van der Waals surface area contributed by atoms with Gasteiger partial charge in [0.15, 0.2) is 0 Å². The molecule has 1 unspecified atom stereocenters. The quantitative estimate of drug-likeness (QED) is 0.896. The molecule has 0 saturated heterocycles.